The van der Waals surface area contributed by atoms with Crippen LogP contribution >= 0.6 is 0 Å². The molecule has 5 heteroatoms. The Bertz CT molecular complexity index is 332. The van der Waals surface area contributed by atoms with Crippen molar-refractivity contribution in [2.24, 2.45) is 5.92 Å². The van der Waals surface area contributed by atoms with E-state index in [0.717, 1.165) is 5.69 Å². The number of halogens is 2. The number of hydrogen-bond donors (Lipinski definition) is 1. The molecule has 0 aliphatic heterocycles. The molecule has 2 rings (SSSR count). The molecule has 13 heavy (non-hydrogen) atoms. The molecule has 1 atom stereocenters. The Hall–Kier alpha value is -1.13. The Labute approximate surface area is 74.5 Å². The smallest absolute Gasteiger partial charge is 0.253 e. The molecule has 1 aromatic rings. The fourth-order valence-corrected chi connectivity index (χ4v) is 1.32. The van der Waals surface area contributed by atoms with Crippen molar-refractivity contribution in [3.8, 4) is 0 Å². The number of rotatable bonds is 2. The van der Waals surface area contributed by atoms with E-state index in [2.05, 4.69) is 5.10 Å². The van der Waals surface area contributed by atoms with Gasteiger partial charge in [0.05, 0.1) is 24.1 Å². The van der Waals surface area contributed by atoms with Gasteiger partial charge in [0.1, 0.15) is 0 Å². The Morgan fingerprint density at radius 1 is 1.77 bits per heavy atom. The second-order valence-corrected chi connectivity index (χ2v) is 3.53. The number of anilines is 1. The molecule has 0 aromatic carbocycles. The van der Waals surface area contributed by atoms with Crippen LogP contribution in [0.25, 0.3) is 0 Å². The maximum atomic E-state index is 12.5. The van der Waals surface area contributed by atoms with Crippen molar-refractivity contribution in [2.75, 3.05) is 5.73 Å². The number of nitrogen functional groups attached to an aromatic ring is 1. The van der Waals surface area contributed by atoms with Gasteiger partial charge in [-0.3, -0.25) is 4.68 Å². The van der Waals surface area contributed by atoms with E-state index < -0.39 is 11.8 Å². The zero-order valence-corrected chi connectivity index (χ0v) is 7.30. The van der Waals surface area contributed by atoms with Gasteiger partial charge in [0.15, 0.2) is 0 Å². The van der Waals surface area contributed by atoms with Gasteiger partial charge in [-0.1, -0.05) is 0 Å². The standard InChI is InChI=1S/C8H11F2N3/c1-5-7(11)3-12-13(5)4-6-2-8(6,9)10/h3,6H,2,4,11H2,1H3. The van der Waals surface area contributed by atoms with Gasteiger partial charge in [0, 0.05) is 12.3 Å². The molecular formula is C8H11F2N3. The first-order valence-electron chi connectivity index (χ1n) is 4.16. The van der Waals surface area contributed by atoms with Gasteiger partial charge in [0.2, 0.25) is 0 Å². The third-order valence-corrected chi connectivity index (χ3v) is 2.49. The molecule has 3 nitrogen and oxygen atoms in total. The Morgan fingerprint density at radius 2 is 2.38 bits per heavy atom. The van der Waals surface area contributed by atoms with Crippen molar-refractivity contribution < 1.29 is 8.78 Å². The zero-order chi connectivity index (χ0) is 9.64. The van der Waals surface area contributed by atoms with E-state index in [1.54, 1.807) is 11.6 Å². The third kappa shape index (κ3) is 1.38. The first-order valence-corrected chi connectivity index (χ1v) is 4.16. The summed E-state index contributed by atoms with van der Waals surface area (Å²) >= 11 is 0. The molecule has 72 valence electrons. The lowest BCUT2D eigenvalue weighted by molar-refractivity contribution is 0.0941. The summed E-state index contributed by atoms with van der Waals surface area (Å²) in [6, 6.07) is 0. The molecule has 1 heterocycles. The largest absolute Gasteiger partial charge is 0.396 e. The Balaban J connectivity index is 2.07. The molecule has 1 saturated carbocycles. The van der Waals surface area contributed by atoms with E-state index >= 15 is 0 Å². The normalized spacial score (nSPS) is 24.7. The van der Waals surface area contributed by atoms with E-state index in [1.165, 1.54) is 6.20 Å². The van der Waals surface area contributed by atoms with E-state index in [4.69, 9.17) is 5.73 Å². The summed E-state index contributed by atoms with van der Waals surface area (Å²) in [5.41, 5.74) is 6.86. The topological polar surface area (TPSA) is 43.8 Å². The monoisotopic (exact) mass is 187 g/mol. The maximum absolute atomic E-state index is 12.5. The number of nitrogens with two attached hydrogens (primary N) is 1. The highest BCUT2D eigenvalue weighted by atomic mass is 19.3. The lowest BCUT2D eigenvalue weighted by Crippen LogP contribution is -2.08. The summed E-state index contributed by atoms with van der Waals surface area (Å²) in [7, 11) is 0. The molecule has 1 aliphatic carbocycles. The molecular weight excluding hydrogens is 176 g/mol. The minimum atomic E-state index is -2.48. The summed E-state index contributed by atoms with van der Waals surface area (Å²) in [6.45, 7) is 2.05. The fraction of sp³-hybridized carbons (Fsp3) is 0.625. The minimum Gasteiger partial charge on any atom is -0.396 e. The van der Waals surface area contributed by atoms with E-state index in [1.807, 2.05) is 0 Å². The van der Waals surface area contributed by atoms with Gasteiger partial charge in [-0.2, -0.15) is 5.10 Å². The predicted molar refractivity (Wildman–Crippen MR) is 44.4 cm³/mol. The van der Waals surface area contributed by atoms with Crippen LogP contribution in [0.4, 0.5) is 14.5 Å². The first-order chi connectivity index (χ1) is 6.00. The highest BCUT2D eigenvalue weighted by Crippen LogP contribution is 2.49. The molecule has 0 amide bonds. The summed E-state index contributed by atoms with van der Waals surface area (Å²) < 4.78 is 26.6. The van der Waals surface area contributed by atoms with Gasteiger partial charge < -0.3 is 5.73 Å². The second kappa shape index (κ2) is 2.43. The molecule has 0 bridgehead atoms. The molecule has 1 fully saturated rings. The number of hydrogen-bond acceptors (Lipinski definition) is 2. The molecule has 1 aliphatic rings. The average molecular weight is 187 g/mol. The van der Waals surface area contributed by atoms with Crippen molar-refractivity contribution in [1.82, 2.24) is 9.78 Å². The van der Waals surface area contributed by atoms with Gasteiger partial charge in [0.25, 0.3) is 5.92 Å². The minimum absolute atomic E-state index is 0.0216. The summed E-state index contributed by atoms with van der Waals surface area (Å²) in [6.07, 6.45) is 1.47. The van der Waals surface area contributed by atoms with Crippen LogP contribution < -0.4 is 5.73 Å². The Morgan fingerprint density at radius 3 is 2.77 bits per heavy atom. The van der Waals surface area contributed by atoms with Crippen LogP contribution in [0.5, 0.6) is 0 Å². The van der Waals surface area contributed by atoms with Gasteiger partial charge in [-0.25, -0.2) is 8.78 Å². The maximum Gasteiger partial charge on any atom is 0.253 e. The van der Waals surface area contributed by atoms with Crippen LogP contribution in [0.1, 0.15) is 12.1 Å². The molecule has 0 radical (unpaired) electrons. The van der Waals surface area contributed by atoms with Crippen LogP contribution in [0.15, 0.2) is 6.20 Å². The summed E-state index contributed by atoms with van der Waals surface area (Å²) in [5, 5.41) is 3.92. The predicted octanol–water partition coefficient (Wildman–Crippen LogP) is 1.43. The SMILES string of the molecule is Cc1c(N)cnn1CC1CC1(F)F. The first kappa shape index (κ1) is 8.47. The van der Waals surface area contributed by atoms with Gasteiger partial charge in [-0.15, -0.1) is 0 Å². The van der Waals surface area contributed by atoms with Crippen LogP contribution in [0.3, 0.4) is 0 Å². The van der Waals surface area contributed by atoms with Gasteiger partial charge in [-0.05, 0) is 6.92 Å². The van der Waals surface area contributed by atoms with E-state index in [9.17, 15) is 8.78 Å². The lowest BCUT2D eigenvalue weighted by Gasteiger charge is -2.02. The number of aromatic nitrogens is 2. The van der Waals surface area contributed by atoms with Gasteiger partial charge >= 0.3 is 0 Å². The number of alkyl halides is 2. The molecule has 2 N–H and O–H groups in total. The van der Waals surface area contributed by atoms with Crippen LogP contribution in [-0.2, 0) is 6.54 Å². The highest BCUT2D eigenvalue weighted by molar-refractivity contribution is 5.39. The Kier molecular flexibility index (Phi) is 1.58. The van der Waals surface area contributed by atoms with Crippen molar-refractivity contribution in [2.45, 2.75) is 25.8 Å². The second-order valence-electron chi connectivity index (χ2n) is 3.53. The highest BCUT2D eigenvalue weighted by Gasteiger charge is 2.56. The number of nitrogens with zero attached hydrogens (tertiary/aromatic N) is 2. The van der Waals surface area contributed by atoms with Crippen molar-refractivity contribution in [3.05, 3.63) is 11.9 Å². The lowest BCUT2D eigenvalue weighted by atomic mass is 10.3. The third-order valence-electron chi connectivity index (χ3n) is 2.49. The zero-order valence-electron chi connectivity index (χ0n) is 7.30. The van der Waals surface area contributed by atoms with Crippen molar-refractivity contribution in [1.29, 1.82) is 0 Å². The molecule has 1 aromatic heterocycles. The van der Waals surface area contributed by atoms with Crippen LogP contribution in [-0.4, -0.2) is 15.7 Å². The quantitative estimate of drug-likeness (QED) is 0.761. The van der Waals surface area contributed by atoms with Crippen LogP contribution in [0, 0.1) is 12.8 Å². The van der Waals surface area contributed by atoms with Crippen molar-refractivity contribution >= 4 is 5.69 Å². The molecule has 0 saturated heterocycles. The average Bonchev–Trinajstić information content (AvgIpc) is 2.53. The molecule has 1 unspecified atom stereocenters. The van der Waals surface area contributed by atoms with E-state index in [0.29, 0.717) is 5.69 Å². The van der Waals surface area contributed by atoms with Crippen LogP contribution in [0.2, 0.25) is 0 Å². The van der Waals surface area contributed by atoms with E-state index in [-0.39, 0.29) is 13.0 Å². The van der Waals surface area contributed by atoms with Crippen molar-refractivity contribution in [3.63, 3.8) is 0 Å². The summed E-state index contributed by atoms with van der Waals surface area (Å²) in [4.78, 5) is 0. The summed E-state index contributed by atoms with van der Waals surface area (Å²) in [5.74, 6) is -3.03. The molecule has 0 spiro atoms. The fourth-order valence-electron chi connectivity index (χ4n) is 1.32.